The number of ether oxygens (including phenoxy) is 14. The lowest BCUT2D eigenvalue weighted by atomic mass is 9.72. The molecule has 9 aliphatic rings. The van der Waals surface area contributed by atoms with Crippen LogP contribution in [0.1, 0.15) is 206 Å². The van der Waals surface area contributed by atoms with Gasteiger partial charge < -0.3 is 92.5 Å². The minimum atomic E-state index is -0.330. The van der Waals surface area contributed by atoms with Crippen molar-refractivity contribution in [3.05, 3.63) is 199 Å². The first-order valence-electron chi connectivity index (χ1n) is 47.3. The number of nitrogens with two attached hydrogens (primary N) is 1. The Labute approximate surface area is 774 Å². The molecule has 25 heteroatoms. The predicted octanol–water partition coefficient (Wildman–Crippen LogP) is 18.9. The van der Waals surface area contributed by atoms with Crippen molar-refractivity contribution >= 4 is 29.5 Å². The quantitative estimate of drug-likeness (QED) is 0.0405. The van der Waals surface area contributed by atoms with Gasteiger partial charge in [0.05, 0.1) is 97.4 Å². The van der Waals surface area contributed by atoms with Crippen molar-refractivity contribution in [2.45, 2.75) is 180 Å². The van der Waals surface area contributed by atoms with Crippen molar-refractivity contribution in [1.82, 2.24) is 29.8 Å². The standard InChI is InChI=1S/C40H51N3O7.C37H47N3O6.C29H40N2O4/c1-7-26-23-42-15-13-27-19-35(46-3)37(48-5)21-31(27)33(42)17-29(26)18-34-32-22-38(49-6)36(47-4)20-28(32)14-16-43(34)40(45)50-24-25-9-11-30(12-10-25)41-39(44)8-2;1-6-24-21-39-13-11-25-17-33(42-2)35(44-4)19-29(25)31(39)15-27(24)16-32-30-20-36(45-5)34(43-3)18-26(30)12-14-40(32)37(41)46-22-23-7-9-28(38)10-8-23;1-6-18-17-31-10-8-20-14-27(33-3)29(35-5)16-23(20)25(31)12-21(18)11-24-22-15-28(34-4)26(32-2)13-19(22)7-9-30-24/h9-12,19-22,26,29,33-34H,7-8,13-18,23-24H2,1-6H3,(H,41,44);7-10,17-20,24,27,31-32H,6,11-16,21-22,38H2,1-5H3;13-16,18,21,24-25,30H,6-12,17H2,1-5H3. The lowest BCUT2D eigenvalue weighted by Crippen LogP contribution is -2.47. The molecule has 3 amide bonds. The molecule has 12 unspecified atom stereocenters. The zero-order chi connectivity index (χ0) is 92.3. The summed E-state index contributed by atoms with van der Waals surface area (Å²) in [5.41, 5.74) is 24.5. The SMILES string of the molecule is CCC(=O)Nc1ccc(COC(=O)N2CCc3cc(OC)c(OC)cc3C2CC2CC3c4cc(OC)c(OC)cc4CCN3CC2CC)cc1.CCC1CN2CCc3cc(OC)c(OC)cc3C2CC1CC1NCCc2cc(OC)c(OC)cc21.CCC1CN2CCc3cc(OC)c(OC)cc3C2CC1CC1c2cc(OC)c(OC)cc2CCN1C(=O)OCc1ccc(N)cc1. The fourth-order valence-electron chi connectivity index (χ4n) is 22.8. The number of fused-ring (bicyclic) bond motifs is 12. The van der Waals surface area contributed by atoms with Crippen LogP contribution in [0.4, 0.5) is 21.0 Å². The van der Waals surface area contributed by atoms with Crippen molar-refractivity contribution in [1.29, 1.82) is 0 Å². The molecule has 9 heterocycles. The summed E-state index contributed by atoms with van der Waals surface area (Å²) in [5, 5.41) is 6.69. The Morgan fingerprint density at radius 2 is 0.641 bits per heavy atom. The molecule has 9 aliphatic heterocycles. The second kappa shape index (κ2) is 43.1. The fourth-order valence-corrected chi connectivity index (χ4v) is 22.8. The van der Waals surface area contributed by atoms with Gasteiger partial charge in [-0.25, -0.2) is 9.59 Å². The molecule has 0 saturated carbocycles. The Morgan fingerprint density at radius 3 is 0.969 bits per heavy atom. The van der Waals surface area contributed by atoms with Crippen LogP contribution in [0.5, 0.6) is 69.0 Å². The van der Waals surface area contributed by atoms with E-state index in [0.717, 1.165) is 190 Å². The third-order valence-corrected chi connectivity index (χ3v) is 30.0. The third-order valence-electron chi connectivity index (χ3n) is 30.0. The van der Waals surface area contributed by atoms with Crippen LogP contribution < -0.4 is 73.2 Å². The molecule has 8 aromatic rings. The van der Waals surface area contributed by atoms with E-state index in [2.05, 4.69) is 119 Å². The van der Waals surface area contributed by atoms with Crippen molar-refractivity contribution in [3.63, 3.8) is 0 Å². The molecule has 0 radical (unpaired) electrons. The number of piperidine rings is 3. The number of amides is 3. The highest BCUT2D eigenvalue weighted by molar-refractivity contribution is 5.90. The maximum Gasteiger partial charge on any atom is 0.410 e. The Bertz CT molecular complexity index is 5280. The number of methoxy groups -OCH3 is 12. The summed E-state index contributed by atoms with van der Waals surface area (Å²) in [5.74, 6) is 12.2. The highest BCUT2D eigenvalue weighted by Gasteiger charge is 2.47. The summed E-state index contributed by atoms with van der Waals surface area (Å²) in [6.07, 6.45) is 14.6. The highest BCUT2D eigenvalue weighted by atomic mass is 16.6. The van der Waals surface area contributed by atoms with Gasteiger partial charge in [0.15, 0.2) is 69.0 Å². The Kier molecular flexibility index (Phi) is 31.2. The van der Waals surface area contributed by atoms with Crippen LogP contribution in [0.2, 0.25) is 0 Å². The van der Waals surface area contributed by atoms with E-state index < -0.39 is 0 Å². The summed E-state index contributed by atoms with van der Waals surface area (Å²) in [6, 6.07) is 41.7. The number of carbonyl (C=O) groups is 3. The topological polar surface area (TPSA) is 247 Å². The van der Waals surface area contributed by atoms with Crippen LogP contribution in [-0.4, -0.2) is 187 Å². The normalized spacial score (nSPS) is 22.8. The fraction of sp³-hybridized carbons (Fsp3) is 0.519. The van der Waals surface area contributed by atoms with E-state index in [9.17, 15) is 14.4 Å². The molecule has 4 N–H and O–H groups in total. The molecule has 0 aromatic heterocycles. The van der Waals surface area contributed by atoms with Gasteiger partial charge in [-0.05, 0) is 294 Å². The van der Waals surface area contributed by atoms with E-state index in [1.54, 1.807) is 85.3 Å². The Hall–Kier alpha value is -11.0. The number of benzene rings is 8. The number of nitrogens with zero attached hydrogens (tertiary/aromatic N) is 5. The molecule has 0 spiro atoms. The van der Waals surface area contributed by atoms with E-state index in [0.29, 0.717) is 102 Å². The van der Waals surface area contributed by atoms with Crippen molar-refractivity contribution in [2.24, 2.45) is 35.5 Å². The van der Waals surface area contributed by atoms with Gasteiger partial charge in [-0.1, -0.05) is 71.2 Å². The van der Waals surface area contributed by atoms with Crippen LogP contribution in [0.25, 0.3) is 0 Å². The lowest BCUT2D eigenvalue weighted by Gasteiger charge is -2.49. The monoisotopic (exact) mass is 1800 g/mol. The second-order valence-electron chi connectivity index (χ2n) is 36.5. The van der Waals surface area contributed by atoms with E-state index in [1.165, 1.54) is 75.0 Å². The first-order valence-corrected chi connectivity index (χ1v) is 47.3. The number of anilines is 2. The van der Waals surface area contributed by atoms with Crippen LogP contribution in [0.15, 0.2) is 121 Å². The van der Waals surface area contributed by atoms with E-state index in [4.69, 9.17) is 72.0 Å². The van der Waals surface area contributed by atoms with E-state index in [-0.39, 0.29) is 55.5 Å². The maximum atomic E-state index is 14.0. The van der Waals surface area contributed by atoms with Crippen LogP contribution in [-0.2, 0) is 66.0 Å². The predicted molar refractivity (Wildman–Crippen MR) is 508 cm³/mol. The zero-order valence-electron chi connectivity index (χ0n) is 79.8. The smallest absolute Gasteiger partial charge is 0.410 e. The van der Waals surface area contributed by atoms with Gasteiger partial charge in [0, 0.05) is 94.3 Å². The molecular formula is C106H138N8O17. The summed E-state index contributed by atoms with van der Waals surface area (Å²) in [4.78, 5) is 51.5. The van der Waals surface area contributed by atoms with Gasteiger partial charge in [0.25, 0.3) is 0 Å². The molecular weight excluding hydrogens is 1660 g/mol. The number of nitrogens with one attached hydrogen (secondary N) is 2. The molecule has 8 aromatic carbocycles. The Morgan fingerprint density at radius 1 is 0.351 bits per heavy atom. The summed E-state index contributed by atoms with van der Waals surface area (Å²) < 4.78 is 80.0. The van der Waals surface area contributed by atoms with Crippen molar-refractivity contribution in [2.75, 3.05) is 155 Å². The average molecular weight is 1800 g/mol. The largest absolute Gasteiger partial charge is 0.493 e. The van der Waals surface area contributed by atoms with Gasteiger partial charge in [0.1, 0.15) is 13.2 Å². The summed E-state index contributed by atoms with van der Waals surface area (Å²) in [7, 11) is 20.3. The minimum Gasteiger partial charge on any atom is -0.493 e. The minimum absolute atomic E-state index is 0.0431. The highest BCUT2D eigenvalue weighted by Crippen LogP contribution is 2.55. The number of hydrogen-bond donors (Lipinski definition) is 3. The van der Waals surface area contributed by atoms with E-state index in [1.807, 2.05) is 65.3 Å². The van der Waals surface area contributed by atoms with Crippen LogP contribution in [0, 0.1) is 35.5 Å². The second-order valence-corrected chi connectivity index (χ2v) is 36.5. The van der Waals surface area contributed by atoms with Crippen LogP contribution >= 0.6 is 0 Å². The lowest BCUT2D eigenvalue weighted by molar-refractivity contribution is -0.115. The molecule has 17 rings (SSSR count). The van der Waals surface area contributed by atoms with Gasteiger partial charge >= 0.3 is 12.2 Å². The maximum absolute atomic E-state index is 14.0. The van der Waals surface area contributed by atoms with Crippen LogP contribution in [0.3, 0.4) is 0 Å². The molecule has 0 aliphatic carbocycles. The number of hydrogen-bond acceptors (Lipinski definition) is 22. The molecule has 704 valence electrons. The van der Waals surface area contributed by atoms with Gasteiger partial charge in [-0.2, -0.15) is 0 Å². The van der Waals surface area contributed by atoms with Crippen molar-refractivity contribution < 1.29 is 80.7 Å². The molecule has 3 fully saturated rings. The van der Waals surface area contributed by atoms with E-state index >= 15 is 0 Å². The van der Waals surface area contributed by atoms with Gasteiger partial charge in [-0.3, -0.25) is 19.5 Å². The Balaban J connectivity index is 0.000000153. The van der Waals surface area contributed by atoms with Gasteiger partial charge in [-0.15, -0.1) is 0 Å². The first kappa shape index (κ1) is 94.6. The summed E-state index contributed by atoms with van der Waals surface area (Å²) >= 11 is 0. The third kappa shape index (κ3) is 20.5. The summed E-state index contributed by atoms with van der Waals surface area (Å²) in [6.45, 7) is 17.6. The van der Waals surface area contributed by atoms with Crippen molar-refractivity contribution in [3.8, 4) is 69.0 Å². The number of rotatable bonds is 27. The molecule has 0 bridgehead atoms. The zero-order valence-corrected chi connectivity index (χ0v) is 79.8. The molecule has 12 atom stereocenters. The molecule has 131 heavy (non-hydrogen) atoms. The molecule has 3 saturated heterocycles. The first-order chi connectivity index (χ1) is 63.7. The molecule has 25 nitrogen and oxygen atoms in total. The number of nitrogen functional groups attached to an aromatic ring is 1. The number of carbonyl (C=O) groups excluding carboxylic acids is 3. The average Bonchev–Trinajstić information content (AvgIpc) is 0.760. The van der Waals surface area contributed by atoms with Gasteiger partial charge in [0.2, 0.25) is 5.91 Å².